The van der Waals surface area contributed by atoms with Gasteiger partial charge in [0.05, 0.1) is 23.7 Å². The van der Waals surface area contributed by atoms with E-state index in [0.717, 1.165) is 10.5 Å². The summed E-state index contributed by atoms with van der Waals surface area (Å²) in [6.07, 6.45) is -6.23. The van der Waals surface area contributed by atoms with Crippen LogP contribution in [0.25, 0.3) is 0 Å². The maximum atomic E-state index is 14.3. The summed E-state index contributed by atoms with van der Waals surface area (Å²) in [4.78, 5) is 54.8. The molecule has 0 radical (unpaired) electrons. The van der Waals surface area contributed by atoms with Crippen molar-refractivity contribution in [3.8, 4) is 11.8 Å². The predicted octanol–water partition coefficient (Wildman–Crippen LogP) is 5.43. The molecule has 5 rings (SSSR count). The van der Waals surface area contributed by atoms with Crippen LogP contribution in [0.4, 0.5) is 24.5 Å². The van der Waals surface area contributed by atoms with Crippen LogP contribution in [-0.4, -0.2) is 41.4 Å². The average molecular weight is 626 g/mol. The Kier molecular flexibility index (Phi) is 9.30. The third kappa shape index (κ3) is 7.14. The lowest BCUT2D eigenvalue weighted by Gasteiger charge is -2.30. The van der Waals surface area contributed by atoms with Gasteiger partial charge in [-0.1, -0.05) is 72.5 Å². The smallest absolute Gasteiger partial charge is 0.386 e. The number of rotatable bonds is 6. The number of hydrogen-bond acceptors (Lipinski definition) is 6. The number of nitrogens with two attached hydrogens (primary N) is 1. The zero-order valence-corrected chi connectivity index (χ0v) is 24.2. The number of carbonyl (C=O) groups is 4. The number of esters is 2. The lowest BCUT2D eigenvalue weighted by Crippen LogP contribution is -2.41. The van der Waals surface area contributed by atoms with Crippen molar-refractivity contribution in [3.63, 3.8) is 0 Å². The van der Waals surface area contributed by atoms with E-state index in [-0.39, 0.29) is 11.3 Å². The van der Waals surface area contributed by atoms with Gasteiger partial charge in [0.2, 0.25) is 0 Å². The summed E-state index contributed by atoms with van der Waals surface area (Å²) < 4.78 is 42.6. The maximum Gasteiger partial charge on any atom is 0.491 e. The normalized spacial score (nSPS) is 13.7. The van der Waals surface area contributed by atoms with Crippen molar-refractivity contribution < 1.29 is 37.1 Å². The molecule has 4 aromatic rings. The fraction of sp³-hybridized carbons (Fsp3) is 0.143. The van der Waals surface area contributed by atoms with Crippen LogP contribution in [0.2, 0.25) is 0 Å². The minimum Gasteiger partial charge on any atom is -0.386 e. The van der Waals surface area contributed by atoms with E-state index < -0.39 is 48.9 Å². The van der Waals surface area contributed by atoms with Crippen molar-refractivity contribution in [2.75, 3.05) is 11.4 Å². The van der Waals surface area contributed by atoms with Crippen molar-refractivity contribution in [1.29, 1.82) is 0 Å². The summed E-state index contributed by atoms with van der Waals surface area (Å²) in [6, 6.07) is 27.4. The second kappa shape index (κ2) is 13.5. The molecule has 1 atom stereocenters. The molecule has 0 spiro atoms. The van der Waals surface area contributed by atoms with Crippen LogP contribution in [0.1, 0.15) is 45.1 Å². The van der Waals surface area contributed by atoms with E-state index in [1.54, 1.807) is 72.8 Å². The zero-order valence-electron chi connectivity index (χ0n) is 24.2. The van der Waals surface area contributed by atoms with Gasteiger partial charge in [0.25, 0.3) is 11.8 Å². The first-order valence-corrected chi connectivity index (χ1v) is 14.1. The molecule has 2 amide bonds. The minimum atomic E-state index is -5.40. The molecule has 0 bridgehead atoms. The first kappa shape index (κ1) is 31.7. The van der Waals surface area contributed by atoms with E-state index in [1.165, 1.54) is 11.0 Å². The Morgan fingerprint density at radius 2 is 1.50 bits per heavy atom. The number of para-hydroxylation sites is 1. The standard InChI is InChI=1S/C35H26F3N3O5/c36-35(37,38)34(45)46-32(43)20-30(26-10-3-1-4-11-26)40-22-31(42)41(27-12-5-2-6-13-27)29-17-16-24(19-28(29)33(40)44)15-14-23-8-7-9-25(18-23)21-39/h1-13,16-19,30H,20-22,39H2. The molecule has 1 aliphatic rings. The van der Waals surface area contributed by atoms with Crippen LogP contribution in [0.3, 0.4) is 0 Å². The predicted molar refractivity (Wildman–Crippen MR) is 162 cm³/mol. The number of hydrogen-bond donors (Lipinski definition) is 1. The second-order valence-corrected chi connectivity index (χ2v) is 10.3. The number of amides is 2. The van der Waals surface area contributed by atoms with E-state index in [1.807, 2.05) is 24.3 Å². The van der Waals surface area contributed by atoms with Crippen molar-refractivity contribution >= 4 is 35.1 Å². The Bertz CT molecular complexity index is 1850. The summed E-state index contributed by atoms with van der Waals surface area (Å²) in [5, 5.41) is 0. The second-order valence-electron chi connectivity index (χ2n) is 10.3. The van der Waals surface area contributed by atoms with Crippen LogP contribution >= 0.6 is 0 Å². The molecule has 11 heteroatoms. The molecule has 1 aliphatic heterocycles. The van der Waals surface area contributed by atoms with Crippen LogP contribution in [0.5, 0.6) is 0 Å². The maximum absolute atomic E-state index is 14.3. The van der Waals surface area contributed by atoms with Crippen molar-refractivity contribution in [3.05, 3.63) is 131 Å². The van der Waals surface area contributed by atoms with E-state index >= 15 is 0 Å². The highest BCUT2D eigenvalue weighted by Crippen LogP contribution is 2.37. The van der Waals surface area contributed by atoms with Gasteiger partial charge in [-0.25, -0.2) is 4.79 Å². The molecule has 0 saturated carbocycles. The quantitative estimate of drug-likeness (QED) is 0.174. The average Bonchev–Trinajstić information content (AvgIpc) is 3.16. The highest BCUT2D eigenvalue weighted by molar-refractivity contribution is 6.13. The monoisotopic (exact) mass is 625 g/mol. The fourth-order valence-electron chi connectivity index (χ4n) is 5.03. The van der Waals surface area contributed by atoms with Crippen molar-refractivity contribution in [2.24, 2.45) is 5.73 Å². The van der Waals surface area contributed by atoms with Crippen LogP contribution in [0, 0.1) is 11.8 Å². The van der Waals surface area contributed by atoms with Crippen LogP contribution in [-0.2, 0) is 25.7 Å². The Balaban J connectivity index is 1.59. The van der Waals surface area contributed by atoms with Crippen LogP contribution < -0.4 is 10.6 Å². The number of carbonyl (C=O) groups excluding carboxylic acids is 4. The lowest BCUT2D eigenvalue weighted by molar-refractivity contribution is -0.202. The first-order valence-electron chi connectivity index (χ1n) is 14.1. The number of fused-ring (bicyclic) bond motifs is 1. The topological polar surface area (TPSA) is 110 Å². The number of halogens is 3. The van der Waals surface area contributed by atoms with Gasteiger partial charge in [0.15, 0.2) is 0 Å². The summed E-state index contributed by atoms with van der Waals surface area (Å²) >= 11 is 0. The molecule has 2 N–H and O–H groups in total. The Labute approximate surface area is 262 Å². The summed E-state index contributed by atoms with van der Waals surface area (Å²) in [5.41, 5.74) is 8.89. The van der Waals surface area contributed by atoms with E-state index in [4.69, 9.17) is 5.73 Å². The SMILES string of the molecule is NCc1cccc(C#Cc2ccc3c(c2)C(=O)N(C(CC(=O)OC(=O)C(F)(F)F)c2ccccc2)CC(=O)N3c2ccccc2)c1. The number of alkyl halides is 3. The number of benzene rings is 4. The Morgan fingerprint density at radius 3 is 2.15 bits per heavy atom. The van der Waals surface area contributed by atoms with E-state index in [2.05, 4.69) is 16.6 Å². The van der Waals surface area contributed by atoms with Gasteiger partial charge in [0, 0.05) is 23.4 Å². The molecule has 0 aromatic heterocycles. The van der Waals surface area contributed by atoms with Gasteiger partial charge in [-0.2, -0.15) is 13.2 Å². The van der Waals surface area contributed by atoms with Gasteiger partial charge in [-0.3, -0.25) is 19.3 Å². The molecule has 1 unspecified atom stereocenters. The Morgan fingerprint density at radius 1 is 0.848 bits per heavy atom. The summed E-state index contributed by atoms with van der Waals surface area (Å²) in [6.45, 7) is -0.210. The lowest BCUT2D eigenvalue weighted by atomic mass is 10.00. The highest BCUT2D eigenvalue weighted by Gasteiger charge is 2.43. The number of anilines is 2. The number of ether oxygens (including phenoxy) is 1. The Hall–Kier alpha value is -5.73. The summed E-state index contributed by atoms with van der Waals surface area (Å²) in [7, 11) is 0. The van der Waals surface area contributed by atoms with Gasteiger partial charge < -0.3 is 15.4 Å². The third-order valence-electron chi connectivity index (χ3n) is 7.17. The molecule has 46 heavy (non-hydrogen) atoms. The zero-order chi connectivity index (χ0) is 32.8. The van der Waals surface area contributed by atoms with E-state index in [0.29, 0.717) is 28.9 Å². The molecular formula is C35H26F3N3O5. The van der Waals surface area contributed by atoms with E-state index in [9.17, 15) is 32.3 Å². The first-order chi connectivity index (χ1) is 22.0. The molecule has 0 saturated heterocycles. The fourth-order valence-corrected chi connectivity index (χ4v) is 5.03. The van der Waals surface area contributed by atoms with Crippen LogP contribution in [0.15, 0.2) is 103 Å². The molecule has 0 fully saturated rings. The molecule has 1 heterocycles. The highest BCUT2D eigenvalue weighted by atomic mass is 19.4. The third-order valence-corrected chi connectivity index (χ3v) is 7.17. The van der Waals surface area contributed by atoms with Crippen molar-refractivity contribution in [2.45, 2.75) is 25.2 Å². The van der Waals surface area contributed by atoms with Crippen molar-refractivity contribution in [1.82, 2.24) is 4.90 Å². The minimum absolute atomic E-state index is 0.0675. The molecule has 0 aliphatic carbocycles. The van der Waals surface area contributed by atoms with Gasteiger partial charge in [-0.15, -0.1) is 0 Å². The summed E-state index contributed by atoms with van der Waals surface area (Å²) in [5.74, 6) is 0.657. The largest absolute Gasteiger partial charge is 0.491 e. The number of nitrogens with zero attached hydrogens (tertiary/aromatic N) is 2. The molecule has 4 aromatic carbocycles. The molecule has 232 valence electrons. The van der Waals surface area contributed by atoms with Gasteiger partial charge in [-0.05, 0) is 53.6 Å². The van der Waals surface area contributed by atoms with Gasteiger partial charge >= 0.3 is 18.1 Å². The molecule has 8 nitrogen and oxygen atoms in total. The molecular weight excluding hydrogens is 599 g/mol. The van der Waals surface area contributed by atoms with Gasteiger partial charge in [0.1, 0.15) is 6.54 Å².